The summed E-state index contributed by atoms with van der Waals surface area (Å²) in [6.45, 7) is 1.95. The van der Waals surface area contributed by atoms with Crippen molar-refractivity contribution in [1.29, 1.82) is 0 Å². The van der Waals surface area contributed by atoms with Crippen molar-refractivity contribution < 1.29 is 13.9 Å². The molecule has 1 aliphatic heterocycles. The second-order valence-electron chi connectivity index (χ2n) is 6.01. The Morgan fingerprint density at radius 2 is 2.19 bits per heavy atom. The van der Waals surface area contributed by atoms with Gasteiger partial charge in [0, 0.05) is 25.6 Å². The Kier molecular flexibility index (Phi) is 3.90. The van der Waals surface area contributed by atoms with Gasteiger partial charge in [-0.05, 0) is 18.9 Å². The third-order valence-corrected chi connectivity index (χ3v) is 4.19. The maximum atomic E-state index is 14.5. The number of nitrogens with one attached hydrogen (secondary N) is 2. The highest BCUT2D eigenvalue weighted by Crippen LogP contribution is 2.27. The van der Waals surface area contributed by atoms with Gasteiger partial charge in [-0.2, -0.15) is 14.6 Å². The normalized spacial score (nSPS) is 14.2. The molecule has 0 atom stereocenters. The van der Waals surface area contributed by atoms with Crippen LogP contribution in [0.15, 0.2) is 18.3 Å². The molecule has 26 heavy (non-hydrogen) atoms. The molecule has 0 saturated carbocycles. The molecule has 1 aliphatic rings. The Hall–Kier alpha value is -3.23. The molecular formula is C17H17FN6O2. The molecule has 4 heterocycles. The summed E-state index contributed by atoms with van der Waals surface area (Å²) >= 11 is 0. The highest BCUT2D eigenvalue weighted by atomic mass is 19.1. The molecule has 0 fully saturated rings. The maximum Gasteiger partial charge on any atom is 0.215 e. The van der Waals surface area contributed by atoms with E-state index in [1.165, 1.54) is 12.3 Å². The lowest BCUT2D eigenvalue weighted by Crippen LogP contribution is -2.07. The first kappa shape index (κ1) is 16.2. The van der Waals surface area contributed by atoms with E-state index in [-0.39, 0.29) is 11.6 Å². The lowest BCUT2D eigenvalue weighted by atomic mass is 10.1. The van der Waals surface area contributed by atoms with Crippen molar-refractivity contribution in [3.63, 3.8) is 0 Å². The average molecular weight is 356 g/mol. The molecule has 134 valence electrons. The maximum absolute atomic E-state index is 14.5. The molecule has 8 nitrogen and oxygen atoms in total. The number of aromatic nitrogens is 4. The van der Waals surface area contributed by atoms with Crippen LogP contribution in [-0.4, -0.2) is 39.0 Å². The van der Waals surface area contributed by atoms with E-state index in [0.29, 0.717) is 53.7 Å². The Morgan fingerprint density at radius 3 is 3.00 bits per heavy atom. The number of hydrogen-bond acceptors (Lipinski definition) is 7. The molecule has 0 spiro atoms. The Morgan fingerprint density at radius 1 is 1.35 bits per heavy atom. The molecule has 0 aromatic carbocycles. The predicted molar refractivity (Wildman–Crippen MR) is 93.8 cm³/mol. The zero-order valence-electron chi connectivity index (χ0n) is 14.3. The highest BCUT2D eigenvalue weighted by molar-refractivity contribution is 6.01. The van der Waals surface area contributed by atoms with E-state index in [4.69, 9.17) is 4.74 Å². The molecule has 0 unspecified atom stereocenters. The van der Waals surface area contributed by atoms with Crippen LogP contribution in [0.2, 0.25) is 0 Å². The molecule has 3 aromatic heterocycles. The summed E-state index contributed by atoms with van der Waals surface area (Å²) in [7, 11) is 1.73. The zero-order valence-corrected chi connectivity index (χ0v) is 14.3. The smallest absolute Gasteiger partial charge is 0.215 e. The number of ether oxygens (including phenoxy) is 1. The van der Waals surface area contributed by atoms with Gasteiger partial charge in [0.1, 0.15) is 11.6 Å². The summed E-state index contributed by atoms with van der Waals surface area (Å²) in [6, 6.07) is 3.20. The van der Waals surface area contributed by atoms with Gasteiger partial charge in [0.25, 0.3) is 0 Å². The van der Waals surface area contributed by atoms with Crippen molar-refractivity contribution in [3.05, 3.63) is 35.3 Å². The van der Waals surface area contributed by atoms with E-state index in [1.54, 1.807) is 24.6 Å². The van der Waals surface area contributed by atoms with Crippen molar-refractivity contribution >= 4 is 28.9 Å². The number of Topliss-reactive ketones (excluding diaryl/α,β-unsaturated/α-hetero) is 1. The van der Waals surface area contributed by atoms with E-state index in [2.05, 4.69) is 25.7 Å². The first-order chi connectivity index (χ1) is 12.6. The number of rotatable bonds is 1. The number of halogens is 1. The Balaban J connectivity index is 1.92. The van der Waals surface area contributed by atoms with Gasteiger partial charge in [-0.15, -0.1) is 0 Å². The van der Waals surface area contributed by atoms with Gasteiger partial charge in [-0.3, -0.25) is 4.79 Å². The first-order valence-electron chi connectivity index (χ1n) is 8.23. The number of pyridine rings is 1. The third-order valence-electron chi connectivity index (χ3n) is 4.19. The van der Waals surface area contributed by atoms with Gasteiger partial charge in [0.2, 0.25) is 5.88 Å². The van der Waals surface area contributed by atoms with Gasteiger partial charge in [-0.25, -0.2) is 9.37 Å². The fourth-order valence-electron chi connectivity index (χ4n) is 2.85. The standard InChI is InChI=1S/C17H17FN6O2/c1-9-6-14-23-16(15(9)18)21-12-7-13(19-2)24-17(22-12)10(8-20-24)11(25)4-3-5-26-14/h6-8,19H,3-5H2,1-2H3,(H,21,22,23). The number of hydrogen-bond donors (Lipinski definition) is 2. The molecule has 0 aliphatic carbocycles. The quantitative estimate of drug-likeness (QED) is 0.692. The third kappa shape index (κ3) is 2.71. The van der Waals surface area contributed by atoms with E-state index in [0.717, 1.165) is 0 Å². The molecule has 4 bridgehead atoms. The van der Waals surface area contributed by atoms with E-state index in [9.17, 15) is 9.18 Å². The summed E-state index contributed by atoms with van der Waals surface area (Å²) in [5, 5.41) is 10.1. The van der Waals surface area contributed by atoms with E-state index < -0.39 is 5.82 Å². The minimum absolute atomic E-state index is 0.0190. The topological polar surface area (TPSA) is 93.4 Å². The highest BCUT2D eigenvalue weighted by Gasteiger charge is 2.19. The van der Waals surface area contributed by atoms with Crippen molar-refractivity contribution in [1.82, 2.24) is 19.6 Å². The fraction of sp³-hybridized carbons (Fsp3) is 0.294. The van der Waals surface area contributed by atoms with Crippen LogP contribution < -0.4 is 15.4 Å². The van der Waals surface area contributed by atoms with Gasteiger partial charge < -0.3 is 15.4 Å². The summed E-state index contributed by atoms with van der Waals surface area (Å²) in [6.07, 6.45) is 2.30. The summed E-state index contributed by atoms with van der Waals surface area (Å²) in [5.41, 5.74) is 1.22. The van der Waals surface area contributed by atoms with Gasteiger partial charge >= 0.3 is 0 Å². The van der Waals surface area contributed by atoms with Crippen molar-refractivity contribution in [3.8, 4) is 5.88 Å². The number of carbonyl (C=O) groups is 1. The van der Waals surface area contributed by atoms with Crippen molar-refractivity contribution in [2.24, 2.45) is 0 Å². The van der Waals surface area contributed by atoms with Crippen LogP contribution in [0.5, 0.6) is 5.88 Å². The van der Waals surface area contributed by atoms with Crippen LogP contribution in [0.4, 0.5) is 21.8 Å². The van der Waals surface area contributed by atoms with Crippen LogP contribution in [-0.2, 0) is 0 Å². The second-order valence-corrected chi connectivity index (χ2v) is 6.01. The Bertz CT molecular complexity index is 1020. The van der Waals surface area contributed by atoms with Crippen LogP contribution >= 0.6 is 0 Å². The molecular weight excluding hydrogens is 339 g/mol. The first-order valence-corrected chi connectivity index (χ1v) is 8.23. The molecule has 3 aromatic rings. The van der Waals surface area contributed by atoms with Crippen LogP contribution in [0.25, 0.3) is 5.65 Å². The summed E-state index contributed by atoms with van der Waals surface area (Å²) in [4.78, 5) is 21.2. The van der Waals surface area contributed by atoms with Crippen LogP contribution in [0.1, 0.15) is 28.8 Å². The molecule has 0 saturated heterocycles. The number of ketones is 1. The van der Waals surface area contributed by atoms with E-state index >= 15 is 0 Å². The minimum atomic E-state index is -0.482. The Labute approximate surface area is 148 Å². The minimum Gasteiger partial charge on any atom is -0.478 e. The number of aryl methyl sites for hydroxylation is 1. The van der Waals surface area contributed by atoms with Gasteiger partial charge in [0.05, 0.1) is 18.4 Å². The molecule has 4 rings (SSSR count). The fourth-order valence-corrected chi connectivity index (χ4v) is 2.85. The monoisotopic (exact) mass is 356 g/mol. The van der Waals surface area contributed by atoms with Gasteiger partial charge in [-0.1, -0.05) is 0 Å². The number of nitrogens with zero attached hydrogens (tertiary/aromatic N) is 4. The van der Waals surface area contributed by atoms with Crippen molar-refractivity contribution in [2.45, 2.75) is 19.8 Å². The van der Waals surface area contributed by atoms with Crippen molar-refractivity contribution in [2.75, 3.05) is 24.3 Å². The summed E-state index contributed by atoms with van der Waals surface area (Å²) in [5.74, 6) is 0.720. The molecule has 0 radical (unpaired) electrons. The average Bonchev–Trinajstić information content (AvgIpc) is 3.05. The largest absolute Gasteiger partial charge is 0.478 e. The predicted octanol–water partition coefficient (Wildman–Crippen LogP) is 2.71. The van der Waals surface area contributed by atoms with E-state index in [1.807, 2.05) is 0 Å². The number of fused-ring (bicyclic) bond motifs is 3. The second kappa shape index (κ2) is 6.25. The van der Waals surface area contributed by atoms with Crippen LogP contribution in [0, 0.1) is 12.7 Å². The lowest BCUT2D eigenvalue weighted by Gasteiger charge is -2.12. The lowest BCUT2D eigenvalue weighted by molar-refractivity contribution is 0.0974. The zero-order chi connectivity index (χ0) is 18.3. The summed E-state index contributed by atoms with van der Waals surface area (Å²) < 4.78 is 21.6. The van der Waals surface area contributed by atoms with Gasteiger partial charge in [0.15, 0.2) is 23.1 Å². The molecule has 9 heteroatoms. The SMILES string of the molecule is CNc1cc2nc3c(cnn13)C(=O)CCCOc1cc(C)c(F)c(n1)N2. The van der Waals surface area contributed by atoms with Crippen LogP contribution in [0.3, 0.4) is 0 Å². The molecule has 0 amide bonds. The molecule has 2 N–H and O–H groups in total. The number of anilines is 3. The number of carbonyl (C=O) groups excluding carboxylic acids is 1.